The summed E-state index contributed by atoms with van der Waals surface area (Å²) in [5.74, 6) is 1.93. The monoisotopic (exact) mass is 527 g/mol. The van der Waals surface area contributed by atoms with Crippen molar-refractivity contribution in [3.8, 4) is 28.7 Å². The molecule has 0 spiro atoms. The van der Waals surface area contributed by atoms with Gasteiger partial charge in [0.15, 0.2) is 6.29 Å². The Kier molecular flexibility index (Phi) is 6.62. The number of rotatable bonds is 6. The number of hydrogen-bond donors (Lipinski definition) is 2. The molecule has 0 radical (unpaired) electrons. The van der Waals surface area contributed by atoms with E-state index in [2.05, 4.69) is 65.7 Å². The number of aromatic nitrogens is 3. The zero-order chi connectivity index (χ0) is 27.3. The minimum atomic E-state index is -1.66. The van der Waals surface area contributed by atoms with Crippen LogP contribution in [0.15, 0.2) is 60.8 Å². The second-order valence-corrected chi connectivity index (χ2v) is 10.7. The SMILES string of the molecule is Cc1cccc(-c2cccc3[n+]2C(C)Oc2c(C(O)O)cnn2-3)c1OCc1ccc2c(c1)CCN(C(C)C)C2. The predicted molar refractivity (Wildman–Crippen MR) is 146 cm³/mol. The maximum atomic E-state index is 9.75. The standard InChI is InChI=1S/C31H35N4O4/c1-19(2)33-14-13-23-15-22(11-12-24(23)17-33)18-38-29-20(3)7-5-8-25(29)27-9-6-10-28-34(27)21(4)39-30-26(31(36)37)16-32-35(28)30/h5-12,15-16,19,21,31,36-37H,13-14,17-18H2,1-4H3/q+1. The molecule has 0 saturated heterocycles. The minimum absolute atomic E-state index is 0.236. The zero-order valence-electron chi connectivity index (χ0n) is 22.8. The second-order valence-electron chi connectivity index (χ2n) is 10.7. The Morgan fingerprint density at radius 3 is 2.72 bits per heavy atom. The van der Waals surface area contributed by atoms with Crippen molar-refractivity contribution in [1.29, 1.82) is 0 Å². The lowest BCUT2D eigenvalue weighted by Gasteiger charge is -2.32. The highest BCUT2D eigenvalue weighted by molar-refractivity contribution is 5.67. The number of nitrogens with zero attached hydrogens (tertiary/aromatic N) is 4. The van der Waals surface area contributed by atoms with E-state index >= 15 is 0 Å². The third-order valence-corrected chi connectivity index (χ3v) is 7.81. The van der Waals surface area contributed by atoms with Gasteiger partial charge in [0, 0.05) is 32.1 Å². The van der Waals surface area contributed by atoms with E-state index in [9.17, 15) is 10.2 Å². The molecule has 4 heterocycles. The molecule has 2 N–H and O–H groups in total. The average molecular weight is 528 g/mol. The summed E-state index contributed by atoms with van der Waals surface area (Å²) >= 11 is 0. The summed E-state index contributed by atoms with van der Waals surface area (Å²) < 4.78 is 16.3. The Morgan fingerprint density at radius 1 is 1.10 bits per heavy atom. The van der Waals surface area contributed by atoms with Crippen LogP contribution in [0.1, 0.15) is 61.1 Å². The van der Waals surface area contributed by atoms with Gasteiger partial charge in [-0.25, -0.2) is 0 Å². The van der Waals surface area contributed by atoms with Gasteiger partial charge in [0.25, 0.3) is 0 Å². The first-order valence-electron chi connectivity index (χ1n) is 13.5. The highest BCUT2D eigenvalue weighted by atomic mass is 16.5. The molecule has 0 amide bonds. The number of aliphatic hydroxyl groups excluding tert-OH is 1. The van der Waals surface area contributed by atoms with Crippen LogP contribution < -0.4 is 14.0 Å². The smallest absolute Gasteiger partial charge is 0.324 e. The van der Waals surface area contributed by atoms with Crippen LogP contribution in [-0.4, -0.2) is 37.5 Å². The first-order chi connectivity index (χ1) is 18.8. The third-order valence-electron chi connectivity index (χ3n) is 7.81. The number of pyridine rings is 1. The molecule has 2 aliphatic rings. The fraction of sp³-hybridized carbons (Fsp3) is 0.355. The number of hydrogen-bond acceptors (Lipinski definition) is 6. The van der Waals surface area contributed by atoms with Gasteiger partial charge in [0.2, 0.25) is 6.23 Å². The number of benzene rings is 2. The molecule has 1 atom stereocenters. The lowest BCUT2D eigenvalue weighted by atomic mass is 9.96. The third kappa shape index (κ3) is 4.58. The topological polar surface area (TPSA) is 83.9 Å². The normalized spacial score (nSPS) is 16.6. The maximum absolute atomic E-state index is 9.75. The molecule has 0 bridgehead atoms. The van der Waals surface area contributed by atoms with Crippen LogP contribution >= 0.6 is 0 Å². The van der Waals surface area contributed by atoms with Crippen molar-refractivity contribution in [3.05, 3.63) is 88.6 Å². The van der Waals surface area contributed by atoms with Crippen LogP contribution in [0, 0.1) is 6.92 Å². The van der Waals surface area contributed by atoms with E-state index < -0.39 is 12.5 Å². The summed E-state index contributed by atoms with van der Waals surface area (Å²) in [4.78, 5) is 2.51. The summed E-state index contributed by atoms with van der Waals surface area (Å²) in [6.45, 7) is 11.1. The van der Waals surface area contributed by atoms with E-state index in [1.54, 1.807) is 4.68 Å². The van der Waals surface area contributed by atoms with Crippen LogP contribution in [-0.2, 0) is 19.6 Å². The van der Waals surface area contributed by atoms with Crippen molar-refractivity contribution < 1.29 is 24.3 Å². The molecule has 0 saturated carbocycles. The number of aryl methyl sites for hydroxylation is 1. The summed E-state index contributed by atoms with van der Waals surface area (Å²) in [5.41, 5.74) is 7.15. The molecule has 2 aromatic carbocycles. The number of para-hydroxylation sites is 1. The Bertz CT molecular complexity index is 1530. The summed E-state index contributed by atoms with van der Waals surface area (Å²) in [6, 6.07) is 19.4. The molecule has 8 nitrogen and oxygen atoms in total. The molecule has 39 heavy (non-hydrogen) atoms. The first-order valence-corrected chi connectivity index (χ1v) is 13.5. The van der Waals surface area contributed by atoms with Crippen molar-refractivity contribution in [2.45, 2.75) is 65.8 Å². The van der Waals surface area contributed by atoms with Crippen molar-refractivity contribution in [2.75, 3.05) is 6.54 Å². The van der Waals surface area contributed by atoms with Gasteiger partial charge in [0.1, 0.15) is 23.6 Å². The predicted octanol–water partition coefficient (Wildman–Crippen LogP) is 4.37. The highest BCUT2D eigenvalue weighted by Gasteiger charge is 2.37. The van der Waals surface area contributed by atoms with Crippen molar-refractivity contribution in [2.24, 2.45) is 0 Å². The zero-order valence-corrected chi connectivity index (χ0v) is 22.8. The Balaban J connectivity index is 1.33. The van der Waals surface area contributed by atoms with Crippen LogP contribution in [0.3, 0.4) is 0 Å². The van der Waals surface area contributed by atoms with Crippen LogP contribution in [0.5, 0.6) is 11.6 Å². The van der Waals surface area contributed by atoms with Crippen LogP contribution in [0.4, 0.5) is 0 Å². The van der Waals surface area contributed by atoms with E-state index in [0.29, 0.717) is 18.5 Å². The quantitative estimate of drug-likeness (QED) is 0.286. The molecular formula is C31H35N4O4+. The molecule has 2 aromatic heterocycles. The van der Waals surface area contributed by atoms with Gasteiger partial charge in [0.05, 0.1) is 11.8 Å². The van der Waals surface area contributed by atoms with E-state index in [0.717, 1.165) is 53.5 Å². The summed E-state index contributed by atoms with van der Waals surface area (Å²) in [7, 11) is 0. The second kappa shape index (κ2) is 10.1. The fourth-order valence-electron chi connectivity index (χ4n) is 5.67. The van der Waals surface area contributed by atoms with Crippen molar-refractivity contribution >= 4 is 0 Å². The van der Waals surface area contributed by atoms with E-state index in [4.69, 9.17) is 9.47 Å². The lowest BCUT2D eigenvalue weighted by molar-refractivity contribution is -0.740. The molecule has 1 unspecified atom stereocenters. The average Bonchev–Trinajstić information content (AvgIpc) is 3.36. The highest BCUT2D eigenvalue weighted by Crippen LogP contribution is 2.36. The minimum Gasteiger partial charge on any atom is -0.488 e. The summed E-state index contributed by atoms with van der Waals surface area (Å²) in [5, 5.41) is 23.9. The number of aliphatic hydroxyl groups is 2. The van der Waals surface area contributed by atoms with Gasteiger partial charge in [-0.15, -0.1) is 0 Å². The van der Waals surface area contributed by atoms with Gasteiger partial charge in [-0.1, -0.05) is 40.1 Å². The van der Waals surface area contributed by atoms with Gasteiger partial charge in [-0.05, 0) is 67.6 Å². The Labute approximate surface area is 228 Å². The molecule has 0 fully saturated rings. The molecule has 0 aliphatic carbocycles. The maximum Gasteiger partial charge on any atom is 0.324 e. The molecule has 2 aliphatic heterocycles. The number of fused-ring (bicyclic) bond motifs is 4. The molecule has 202 valence electrons. The van der Waals surface area contributed by atoms with E-state index in [1.807, 2.05) is 31.2 Å². The van der Waals surface area contributed by atoms with Crippen LogP contribution in [0.2, 0.25) is 0 Å². The lowest BCUT2D eigenvalue weighted by Crippen LogP contribution is -2.50. The molecule has 4 aromatic rings. The van der Waals surface area contributed by atoms with E-state index in [1.165, 1.54) is 17.3 Å². The van der Waals surface area contributed by atoms with Gasteiger partial charge >= 0.3 is 11.7 Å². The van der Waals surface area contributed by atoms with Crippen molar-refractivity contribution in [3.63, 3.8) is 0 Å². The van der Waals surface area contributed by atoms with E-state index in [-0.39, 0.29) is 5.56 Å². The van der Waals surface area contributed by atoms with Gasteiger partial charge in [-0.3, -0.25) is 4.90 Å². The Morgan fingerprint density at radius 2 is 1.92 bits per heavy atom. The van der Waals surface area contributed by atoms with Gasteiger partial charge < -0.3 is 19.7 Å². The van der Waals surface area contributed by atoms with Gasteiger partial charge in [-0.2, -0.15) is 4.57 Å². The summed E-state index contributed by atoms with van der Waals surface area (Å²) in [6.07, 6.45) is 0.420. The molecule has 8 heteroatoms. The number of ether oxygens (including phenoxy) is 2. The molecular weight excluding hydrogens is 492 g/mol. The first kappa shape index (κ1) is 25.6. The molecule has 6 rings (SSSR count). The largest absolute Gasteiger partial charge is 0.488 e. The Hall–Kier alpha value is -3.72. The fourth-order valence-corrected chi connectivity index (χ4v) is 5.67. The van der Waals surface area contributed by atoms with Crippen LogP contribution in [0.25, 0.3) is 17.1 Å². The van der Waals surface area contributed by atoms with Crippen molar-refractivity contribution in [1.82, 2.24) is 14.7 Å².